The Kier molecular flexibility index (Phi) is 6.91. The first-order valence-electron chi connectivity index (χ1n) is 5.78. The number of hydrogen-bond donors (Lipinski definition) is 1. The number of thiol groups is 1. The second-order valence-corrected chi connectivity index (χ2v) is 15.3. The molecule has 0 aliphatic carbocycles. The van der Waals surface area contributed by atoms with Crippen molar-refractivity contribution < 1.29 is 0 Å². The first kappa shape index (κ1) is 14.9. The molecular weight excluding hydrogens is 224 g/mol. The predicted molar refractivity (Wildman–Crippen MR) is 80.2 cm³/mol. The number of rotatable bonds is 6. The van der Waals surface area contributed by atoms with Gasteiger partial charge in [0.2, 0.25) is 0 Å². The molecule has 0 aliphatic heterocycles. The lowest BCUT2D eigenvalue weighted by Crippen LogP contribution is -2.33. The minimum Gasteiger partial charge on any atom is -0.252 e. The summed E-state index contributed by atoms with van der Waals surface area (Å²) in [5, 5.41) is 2.73. The lowest BCUT2D eigenvalue weighted by molar-refractivity contribution is 0.963. The van der Waals surface area contributed by atoms with Gasteiger partial charge in [-0.15, -0.1) is 0 Å². The van der Waals surface area contributed by atoms with E-state index >= 15 is 0 Å². The molecule has 0 spiro atoms. The fourth-order valence-electron chi connectivity index (χ4n) is 2.65. The van der Waals surface area contributed by atoms with Crippen LogP contribution in [0.3, 0.4) is 0 Å². The molecule has 14 heavy (non-hydrogen) atoms. The molecule has 0 aliphatic rings. The summed E-state index contributed by atoms with van der Waals surface area (Å²) >= 11 is 4.39. The summed E-state index contributed by atoms with van der Waals surface area (Å²) in [6, 6.07) is 1.42. The maximum Gasteiger partial charge on any atom is 0.0672 e. The standard InChI is InChI=1S/C11H28S2Si/c1-9(2)13(10(3)4,11(5)6)14-8-7-12/h9-12H,7-8,14H2,1-6H3. The summed E-state index contributed by atoms with van der Waals surface area (Å²) < 4.78 is 0. The second kappa shape index (κ2) is 6.49. The van der Waals surface area contributed by atoms with Gasteiger partial charge in [0.15, 0.2) is 0 Å². The van der Waals surface area contributed by atoms with Gasteiger partial charge in [0.25, 0.3) is 0 Å². The largest absolute Gasteiger partial charge is 0.252 e. The molecule has 0 aromatic rings. The zero-order valence-corrected chi connectivity index (χ0v) is 13.8. The van der Waals surface area contributed by atoms with E-state index in [2.05, 4.69) is 54.2 Å². The van der Waals surface area contributed by atoms with E-state index in [0.717, 1.165) is 21.5 Å². The molecule has 0 unspecified atom stereocenters. The van der Waals surface area contributed by atoms with Gasteiger partial charge in [0.1, 0.15) is 0 Å². The van der Waals surface area contributed by atoms with Gasteiger partial charge < -0.3 is 0 Å². The topological polar surface area (TPSA) is 0 Å². The molecular formula is C11H28S2Si. The van der Waals surface area contributed by atoms with Gasteiger partial charge in [-0.1, -0.05) is 41.5 Å². The SMILES string of the molecule is CC(C)S([SiH2]CCS)(C(C)C)C(C)C. The van der Waals surface area contributed by atoms with E-state index in [1.807, 2.05) is 0 Å². The van der Waals surface area contributed by atoms with Crippen molar-refractivity contribution >= 4 is 30.8 Å². The second-order valence-electron chi connectivity index (χ2n) is 4.84. The summed E-state index contributed by atoms with van der Waals surface area (Å²) in [4.78, 5) is 0. The highest BCUT2D eigenvalue weighted by Crippen LogP contribution is 2.59. The first-order valence-corrected chi connectivity index (χ1v) is 11.1. The Bertz CT molecular complexity index is 134. The Labute approximate surface area is 99.8 Å². The van der Waals surface area contributed by atoms with Crippen LogP contribution in [-0.2, 0) is 0 Å². The summed E-state index contributed by atoms with van der Waals surface area (Å²) in [5.41, 5.74) is 0. The van der Waals surface area contributed by atoms with Crippen molar-refractivity contribution in [3.8, 4) is 0 Å². The van der Waals surface area contributed by atoms with Crippen LogP contribution >= 0.6 is 22.1 Å². The summed E-state index contributed by atoms with van der Waals surface area (Å²) in [7, 11) is -0.236. The Morgan fingerprint density at radius 1 is 0.929 bits per heavy atom. The molecule has 88 valence electrons. The highest BCUT2D eigenvalue weighted by molar-refractivity contribution is 8.53. The van der Waals surface area contributed by atoms with Gasteiger partial charge >= 0.3 is 0 Å². The smallest absolute Gasteiger partial charge is 0.0672 e. The molecule has 0 amide bonds. The van der Waals surface area contributed by atoms with Gasteiger partial charge in [-0.25, -0.2) is 0 Å². The maximum absolute atomic E-state index is 4.39. The highest BCUT2D eigenvalue weighted by Gasteiger charge is 2.33. The Hall–Kier alpha value is 0.917. The van der Waals surface area contributed by atoms with Gasteiger partial charge in [0, 0.05) is 0 Å². The molecule has 0 saturated carbocycles. The maximum atomic E-state index is 4.39. The summed E-state index contributed by atoms with van der Waals surface area (Å²) in [6.45, 7) is 14.7. The van der Waals surface area contributed by atoms with E-state index in [4.69, 9.17) is 0 Å². The lowest BCUT2D eigenvalue weighted by Gasteiger charge is -2.51. The molecule has 0 fully saturated rings. The van der Waals surface area contributed by atoms with Crippen LogP contribution in [0.2, 0.25) is 6.04 Å². The summed E-state index contributed by atoms with van der Waals surface area (Å²) in [6.07, 6.45) is 0. The van der Waals surface area contributed by atoms with Crippen LogP contribution in [0.4, 0.5) is 0 Å². The van der Waals surface area contributed by atoms with E-state index in [9.17, 15) is 0 Å². The van der Waals surface area contributed by atoms with Crippen LogP contribution in [0.15, 0.2) is 0 Å². The van der Waals surface area contributed by atoms with E-state index < -0.39 is 0 Å². The third kappa shape index (κ3) is 3.21. The molecule has 0 aromatic carbocycles. The normalized spacial score (nSPS) is 15.3. The molecule has 0 N–H and O–H groups in total. The Balaban J connectivity index is 4.76. The Morgan fingerprint density at radius 3 is 1.50 bits per heavy atom. The molecule has 0 saturated heterocycles. The quantitative estimate of drug-likeness (QED) is 0.543. The third-order valence-corrected chi connectivity index (χ3v) is 19.8. The van der Waals surface area contributed by atoms with Crippen molar-refractivity contribution in [1.29, 1.82) is 0 Å². The highest BCUT2D eigenvalue weighted by atomic mass is 32.4. The van der Waals surface area contributed by atoms with Gasteiger partial charge in [-0.05, 0) is 27.5 Å². The monoisotopic (exact) mass is 252 g/mol. The average Bonchev–Trinajstić information content (AvgIpc) is 2.03. The Morgan fingerprint density at radius 2 is 1.29 bits per heavy atom. The zero-order chi connectivity index (χ0) is 11.4. The fraction of sp³-hybridized carbons (Fsp3) is 1.00. The van der Waals surface area contributed by atoms with Gasteiger partial charge in [-0.3, -0.25) is 9.48 Å². The van der Waals surface area contributed by atoms with E-state index in [1.165, 1.54) is 6.04 Å². The van der Waals surface area contributed by atoms with E-state index in [-0.39, 0.29) is 18.1 Å². The predicted octanol–water partition coefficient (Wildman–Crippen LogP) is 3.45. The molecule has 0 atom stereocenters. The van der Waals surface area contributed by atoms with Crippen molar-refractivity contribution in [3.63, 3.8) is 0 Å². The van der Waals surface area contributed by atoms with Gasteiger partial charge in [0.05, 0.1) is 8.67 Å². The van der Waals surface area contributed by atoms with Crippen molar-refractivity contribution in [1.82, 2.24) is 0 Å². The van der Waals surface area contributed by atoms with Crippen molar-refractivity contribution in [2.75, 3.05) is 5.75 Å². The fourth-order valence-corrected chi connectivity index (χ4v) is 15.3. The number of hydrogen-bond acceptors (Lipinski definition) is 1. The van der Waals surface area contributed by atoms with Crippen molar-refractivity contribution in [3.05, 3.63) is 0 Å². The lowest BCUT2D eigenvalue weighted by atomic mass is 10.5. The third-order valence-electron chi connectivity index (χ3n) is 3.29. The van der Waals surface area contributed by atoms with Crippen LogP contribution in [0.5, 0.6) is 0 Å². The molecule has 0 radical (unpaired) electrons. The molecule has 0 heterocycles. The van der Waals surface area contributed by atoms with Crippen LogP contribution in [0.25, 0.3) is 0 Å². The minimum absolute atomic E-state index is 0.0829. The van der Waals surface area contributed by atoms with Gasteiger partial charge in [-0.2, -0.15) is 12.6 Å². The minimum atomic E-state index is -0.318. The molecule has 0 nitrogen and oxygen atoms in total. The van der Waals surface area contributed by atoms with Crippen LogP contribution in [0, 0.1) is 0 Å². The van der Waals surface area contributed by atoms with Crippen molar-refractivity contribution in [2.24, 2.45) is 0 Å². The average molecular weight is 253 g/mol. The zero-order valence-electron chi connectivity index (χ0n) is 10.7. The molecule has 0 bridgehead atoms. The van der Waals surface area contributed by atoms with E-state index in [1.54, 1.807) is 0 Å². The summed E-state index contributed by atoms with van der Waals surface area (Å²) in [5.74, 6) is 1.10. The van der Waals surface area contributed by atoms with Crippen molar-refractivity contribution in [2.45, 2.75) is 63.3 Å². The van der Waals surface area contributed by atoms with Crippen LogP contribution < -0.4 is 0 Å². The van der Waals surface area contributed by atoms with Crippen LogP contribution in [-0.4, -0.2) is 30.2 Å². The first-order chi connectivity index (χ1) is 6.39. The van der Waals surface area contributed by atoms with Crippen LogP contribution in [0.1, 0.15) is 41.5 Å². The van der Waals surface area contributed by atoms with E-state index in [0.29, 0.717) is 0 Å². The molecule has 0 aromatic heterocycles. The molecule has 0 rings (SSSR count). The molecule has 3 heteroatoms.